The smallest absolute Gasteiger partial charge is 0.394 e. The van der Waals surface area contributed by atoms with Crippen LogP contribution in [0, 0.1) is 0 Å². The molecule has 0 fully saturated rings. The summed E-state index contributed by atoms with van der Waals surface area (Å²) in [6.07, 6.45) is 0. The van der Waals surface area contributed by atoms with Gasteiger partial charge in [0.1, 0.15) is 0 Å². The van der Waals surface area contributed by atoms with Crippen molar-refractivity contribution in [3.8, 4) is 0 Å². The van der Waals surface area contributed by atoms with Crippen LogP contribution in [0.25, 0.3) is 43.6 Å². The molecule has 6 aromatic rings. The molecular weight excluding hydrogens is 492 g/mol. The molecular formula is C26H24N6O4S. The van der Waals surface area contributed by atoms with Gasteiger partial charge in [-0.2, -0.15) is 8.42 Å². The number of nitrogen functional groups attached to an aromatic ring is 4. The van der Waals surface area contributed by atoms with E-state index in [2.05, 4.69) is 9.97 Å². The minimum Gasteiger partial charge on any atom is -0.399 e. The number of hydrogen-bond donors (Lipinski definition) is 6. The van der Waals surface area contributed by atoms with Gasteiger partial charge in [-0.25, -0.2) is 9.97 Å². The summed E-state index contributed by atoms with van der Waals surface area (Å²) in [5.74, 6) is 0. The third-order valence-electron chi connectivity index (χ3n) is 5.42. The summed E-state index contributed by atoms with van der Waals surface area (Å²) >= 11 is 0. The lowest BCUT2D eigenvalue weighted by Gasteiger charge is -2.04. The summed E-state index contributed by atoms with van der Waals surface area (Å²) in [4.78, 5) is 9.08. The first-order chi connectivity index (χ1) is 17.5. The van der Waals surface area contributed by atoms with E-state index in [0.717, 1.165) is 66.4 Å². The van der Waals surface area contributed by atoms with Crippen molar-refractivity contribution in [3.05, 3.63) is 84.9 Å². The second-order valence-electron chi connectivity index (χ2n) is 8.16. The fraction of sp³-hybridized carbons (Fsp3) is 0. The Bertz CT molecular complexity index is 1740. The molecule has 0 atom stereocenters. The molecule has 0 saturated heterocycles. The molecule has 0 aliphatic heterocycles. The van der Waals surface area contributed by atoms with Crippen molar-refractivity contribution in [2.24, 2.45) is 0 Å². The van der Waals surface area contributed by atoms with Crippen LogP contribution in [0.2, 0.25) is 0 Å². The Morgan fingerprint density at radius 1 is 0.541 bits per heavy atom. The van der Waals surface area contributed by atoms with E-state index in [9.17, 15) is 0 Å². The minimum absolute atomic E-state index is 0.725. The molecule has 0 saturated carbocycles. The maximum absolute atomic E-state index is 8.74. The highest BCUT2D eigenvalue weighted by Crippen LogP contribution is 2.26. The van der Waals surface area contributed by atoms with Gasteiger partial charge in [0, 0.05) is 44.3 Å². The van der Waals surface area contributed by atoms with E-state index in [1.165, 1.54) is 0 Å². The summed E-state index contributed by atoms with van der Waals surface area (Å²) in [7, 11) is -4.67. The molecule has 2 aromatic heterocycles. The molecule has 0 unspecified atom stereocenters. The Kier molecular flexibility index (Phi) is 6.94. The molecule has 10 nitrogen and oxygen atoms in total. The molecule has 2 heterocycles. The van der Waals surface area contributed by atoms with Crippen LogP contribution < -0.4 is 22.9 Å². The van der Waals surface area contributed by atoms with Gasteiger partial charge in [0.2, 0.25) is 0 Å². The van der Waals surface area contributed by atoms with Gasteiger partial charge in [0.25, 0.3) is 0 Å². The van der Waals surface area contributed by atoms with E-state index in [1.54, 1.807) is 0 Å². The van der Waals surface area contributed by atoms with Gasteiger partial charge in [-0.3, -0.25) is 9.11 Å². The van der Waals surface area contributed by atoms with Gasteiger partial charge < -0.3 is 22.9 Å². The van der Waals surface area contributed by atoms with Crippen LogP contribution in [0.15, 0.2) is 84.9 Å². The SMILES string of the molecule is Nc1ccc2cc3c(N)cccc3nc2c1.Nc1ccc2cc3c(N)cccc3nc2c1.O=S(=O)(O)O. The van der Waals surface area contributed by atoms with Crippen molar-refractivity contribution in [1.82, 2.24) is 9.97 Å². The number of rotatable bonds is 0. The topological polar surface area (TPSA) is 204 Å². The minimum atomic E-state index is -4.67. The quantitative estimate of drug-likeness (QED) is 0.0950. The molecule has 0 spiro atoms. The van der Waals surface area contributed by atoms with Gasteiger partial charge >= 0.3 is 10.4 Å². The van der Waals surface area contributed by atoms with E-state index in [-0.39, 0.29) is 0 Å². The summed E-state index contributed by atoms with van der Waals surface area (Å²) in [6.45, 7) is 0. The molecule has 0 bridgehead atoms. The van der Waals surface area contributed by atoms with Gasteiger partial charge in [0.05, 0.1) is 22.1 Å². The highest BCUT2D eigenvalue weighted by atomic mass is 32.3. The number of hydrogen-bond acceptors (Lipinski definition) is 8. The molecule has 0 amide bonds. The molecule has 0 aliphatic rings. The monoisotopic (exact) mass is 516 g/mol. The predicted octanol–water partition coefficient (Wildman–Crippen LogP) is 4.45. The molecule has 37 heavy (non-hydrogen) atoms. The third kappa shape index (κ3) is 6.30. The number of aromatic nitrogens is 2. The molecule has 0 radical (unpaired) electrons. The fourth-order valence-corrected chi connectivity index (χ4v) is 3.78. The Hall–Kier alpha value is -4.71. The van der Waals surface area contributed by atoms with Crippen LogP contribution in [0.4, 0.5) is 22.7 Å². The summed E-state index contributed by atoms with van der Waals surface area (Å²) in [5.41, 5.74) is 29.9. The van der Waals surface area contributed by atoms with Gasteiger partial charge in [0.15, 0.2) is 0 Å². The normalized spacial score (nSPS) is 11.1. The zero-order chi connectivity index (χ0) is 26.7. The molecule has 0 aliphatic carbocycles. The van der Waals surface area contributed by atoms with Gasteiger partial charge in [-0.05, 0) is 60.7 Å². The van der Waals surface area contributed by atoms with Crippen molar-refractivity contribution in [1.29, 1.82) is 0 Å². The van der Waals surface area contributed by atoms with E-state index >= 15 is 0 Å². The lowest BCUT2D eigenvalue weighted by atomic mass is 10.1. The number of nitrogens with two attached hydrogens (primary N) is 4. The summed E-state index contributed by atoms with van der Waals surface area (Å²) < 4.78 is 31.6. The molecule has 188 valence electrons. The number of anilines is 4. The number of nitrogens with zero attached hydrogens (tertiary/aromatic N) is 2. The highest BCUT2D eigenvalue weighted by Gasteiger charge is 2.03. The predicted molar refractivity (Wildman–Crippen MR) is 150 cm³/mol. The molecule has 10 N–H and O–H groups in total. The first-order valence-electron chi connectivity index (χ1n) is 10.9. The molecule has 4 aromatic carbocycles. The van der Waals surface area contributed by atoms with Crippen molar-refractivity contribution < 1.29 is 17.5 Å². The molecule has 11 heteroatoms. The Labute approximate surface area is 212 Å². The average Bonchev–Trinajstić information content (AvgIpc) is 2.82. The van der Waals surface area contributed by atoms with E-state index in [0.29, 0.717) is 0 Å². The summed E-state index contributed by atoms with van der Waals surface area (Å²) in [6, 6.07) is 27.0. The first kappa shape index (κ1) is 25.4. The number of fused-ring (bicyclic) bond motifs is 4. The number of benzene rings is 4. The van der Waals surface area contributed by atoms with Crippen molar-refractivity contribution >= 4 is 76.8 Å². The number of pyridine rings is 2. The van der Waals surface area contributed by atoms with E-state index in [1.807, 2.05) is 84.9 Å². The van der Waals surface area contributed by atoms with Gasteiger partial charge in [-0.15, -0.1) is 0 Å². The Morgan fingerprint density at radius 2 is 0.919 bits per heavy atom. The highest BCUT2D eigenvalue weighted by molar-refractivity contribution is 7.79. The zero-order valence-electron chi connectivity index (χ0n) is 19.4. The van der Waals surface area contributed by atoms with E-state index < -0.39 is 10.4 Å². The van der Waals surface area contributed by atoms with Crippen LogP contribution >= 0.6 is 0 Å². The van der Waals surface area contributed by atoms with Gasteiger partial charge in [-0.1, -0.05) is 24.3 Å². The van der Waals surface area contributed by atoms with Crippen molar-refractivity contribution in [3.63, 3.8) is 0 Å². The van der Waals surface area contributed by atoms with Crippen LogP contribution in [0.3, 0.4) is 0 Å². The lowest BCUT2D eigenvalue weighted by molar-refractivity contribution is 0.381. The van der Waals surface area contributed by atoms with Crippen LogP contribution in [-0.2, 0) is 10.4 Å². The van der Waals surface area contributed by atoms with Crippen LogP contribution in [-0.4, -0.2) is 27.5 Å². The Balaban J connectivity index is 0.000000147. The Morgan fingerprint density at radius 3 is 1.30 bits per heavy atom. The largest absolute Gasteiger partial charge is 0.399 e. The average molecular weight is 517 g/mol. The van der Waals surface area contributed by atoms with Crippen molar-refractivity contribution in [2.75, 3.05) is 22.9 Å². The second-order valence-corrected chi connectivity index (χ2v) is 9.05. The second kappa shape index (κ2) is 10.1. The maximum Gasteiger partial charge on any atom is 0.394 e. The van der Waals surface area contributed by atoms with E-state index in [4.69, 9.17) is 40.5 Å². The van der Waals surface area contributed by atoms with Crippen molar-refractivity contribution in [2.45, 2.75) is 0 Å². The maximum atomic E-state index is 8.74. The standard InChI is InChI=1S/2C13H11N3.H2O4S/c2*14-9-5-4-8-6-10-11(15)2-1-3-12(10)16-13(8)7-9;1-5(2,3)4/h2*1-7H,14-15H2;(H2,1,2,3,4). The lowest BCUT2D eigenvalue weighted by Crippen LogP contribution is -1.90. The molecule has 6 rings (SSSR count). The summed E-state index contributed by atoms with van der Waals surface area (Å²) in [5, 5.41) is 4.08. The van der Waals surface area contributed by atoms with Crippen LogP contribution in [0.5, 0.6) is 0 Å². The third-order valence-corrected chi connectivity index (χ3v) is 5.42. The fourth-order valence-electron chi connectivity index (χ4n) is 3.78. The van der Waals surface area contributed by atoms with Crippen LogP contribution in [0.1, 0.15) is 0 Å². The zero-order valence-corrected chi connectivity index (χ0v) is 20.2. The first-order valence-corrected chi connectivity index (χ1v) is 12.3.